The number of nitrogens with zero attached hydrogens (tertiary/aromatic N) is 2. The first-order valence-corrected chi connectivity index (χ1v) is 8.18. The maximum atomic E-state index is 13.0. The highest BCUT2D eigenvalue weighted by atomic mass is 19.1. The van der Waals surface area contributed by atoms with E-state index in [9.17, 15) is 9.18 Å². The largest absolute Gasteiger partial charge is 0.478 e. The number of carbonyl (C=O) groups is 1. The highest BCUT2D eigenvalue weighted by molar-refractivity contribution is 5.98. The number of nitrogens with one attached hydrogen (secondary N) is 2. The summed E-state index contributed by atoms with van der Waals surface area (Å²) in [6.45, 7) is 2.43. The maximum absolute atomic E-state index is 13.0. The van der Waals surface area contributed by atoms with Gasteiger partial charge in [-0.05, 0) is 37.6 Å². The van der Waals surface area contributed by atoms with E-state index in [1.807, 2.05) is 31.3 Å². The van der Waals surface area contributed by atoms with E-state index in [1.165, 1.54) is 0 Å². The number of hydrogen-bond acceptors (Lipinski definition) is 4. The fourth-order valence-electron chi connectivity index (χ4n) is 2.80. The van der Waals surface area contributed by atoms with Crippen LogP contribution in [0, 0.1) is 5.92 Å². The summed E-state index contributed by atoms with van der Waals surface area (Å²) >= 11 is 0. The first-order valence-electron chi connectivity index (χ1n) is 8.18. The lowest BCUT2D eigenvalue weighted by atomic mass is 10.1. The number of hydrogen-bond donors (Lipinski definition) is 2. The first kappa shape index (κ1) is 15.6. The molecule has 0 radical (unpaired) electrons. The second-order valence-electron chi connectivity index (χ2n) is 5.93. The zero-order chi connectivity index (χ0) is 17.4. The van der Waals surface area contributed by atoms with Crippen LogP contribution in [0.3, 0.4) is 0 Å². The van der Waals surface area contributed by atoms with E-state index in [0.717, 1.165) is 16.5 Å². The molecule has 6 nitrogen and oxygen atoms in total. The third kappa shape index (κ3) is 2.93. The number of fused-ring (bicyclic) bond motifs is 1. The molecule has 25 heavy (non-hydrogen) atoms. The Morgan fingerprint density at radius 1 is 1.40 bits per heavy atom. The Balaban J connectivity index is 1.65. The molecule has 0 bridgehead atoms. The Morgan fingerprint density at radius 2 is 2.24 bits per heavy atom. The van der Waals surface area contributed by atoms with Crippen molar-refractivity contribution in [1.82, 2.24) is 15.0 Å². The van der Waals surface area contributed by atoms with Crippen molar-refractivity contribution in [2.24, 2.45) is 5.92 Å². The van der Waals surface area contributed by atoms with Gasteiger partial charge in [-0.25, -0.2) is 14.4 Å². The second-order valence-corrected chi connectivity index (χ2v) is 5.93. The molecule has 3 aromatic heterocycles. The number of halogens is 1. The lowest BCUT2D eigenvalue weighted by molar-refractivity contribution is -0.117. The summed E-state index contributed by atoms with van der Waals surface area (Å²) < 4.78 is 18.6. The molecule has 3 heterocycles. The minimum Gasteiger partial charge on any atom is -0.478 e. The Labute approximate surface area is 143 Å². The van der Waals surface area contributed by atoms with Crippen LogP contribution in [0.25, 0.3) is 22.2 Å². The average molecular weight is 340 g/mol. The molecule has 128 valence electrons. The van der Waals surface area contributed by atoms with Gasteiger partial charge in [-0.15, -0.1) is 0 Å². The molecule has 0 aromatic carbocycles. The van der Waals surface area contributed by atoms with Gasteiger partial charge in [0, 0.05) is 28.9 Å². The van der Waals surface area contributed by atoms with Crippen molar-refractivity contribution in [3.63, 3.8) is 0 Å². The molecule has 2 atom stereocenters. The molecule has 1 fully saturated rings. The zero-order valence-corrected chi connectivity index (χ0v) is 13.6. The summed E-state index contributed by atoms with van der Waals surface area (Å²) in [6, 6.07) is 7.36. The zero-order valence-electron chi connectivity index (χ0n) is 13.6. The Hall–Kier alpha value is -2.96. The van der Waals surface area contributed by atoms with Crippen LogP contribution in [0.1, 0.15) is 13.3 Å². The molecule has 3 aromatic rings. The Kier molecular flexibility index (Phi) is 3.83. The van der Waals surface area contributed by atoms with Gasteiger partial charge in [0.1, 0.15) is 17.6 Å². The normalized spacial score (nSPS) is 19.0. The summed E-state index contributed by atoms with van der Waals surface area (Å²) in [4.78, 5) is 23.6. The molecule has 1 saturated carbocycles. The van der Waals surface area contributed by atoms with Gasteiger partial charge >= 0.3 is 0 Å². The van der Waals surface area contributed by atoms with Crippen LogP contribution < -0.4 is 10.1 Å². The van der Waals surface area contributed by atoms with Gasteiger partial charge in [0.15, 0.2) is 0 Å². The van der Waals surface area contributed by atoms with Crippen LogP contribution in [0.15, 0.2) is 36.7 Å². The first-order chi connectivity index (χ1) is 12.2. The lowest BCUT2D eigenvalue weighted by Crippen LogP contribution is -2.15. The fourth-order valence-corrected chi connectivity index (χ4v) is 2.80. The third-order valence-corrected chi connectivity index (χ3v) is 4.18. The van der Waals surface area contributed by atoms with Crippen LogP contribution in [0.4, 0.5) is 10.2 Å². The number of ether oxygens (including phenoxy) is 1. The SMILES string of the molecule is CCOc1ncccc1-c1c[nH]c2nc(NC(=O)C3CC3F)ccc12. The van der Waals surface area contributed by atoms with Crippen molar-refractivity contribution in [3.8, 4) is 17.0 Å². The number of H-pyrrole nitrogens is 1. The lowest BCUT2D eigenvalue weighted by Gasteiger charge is -2.08. The van der Waals surface area contributed by atoms with Crippen LogP contribution in [0.5, 0.6) is 5.88 Å². The van der Waals surface area contributed by atoms with Crippen molar-refractivity contribution < 1.29 is 13.9 Å². The van der Waals surface area contributed by atoms with Gasteiger partial charge in [0.05, 0.1) is 12.5 Å². The van der Waals surface area contributed by atoms with E-state index in [1.54, 1.807) is 12.3 Å². The molecule has 7 heteroatoms. The van der Waals surface area contributed by atoms with E-state index in [0.29, 0.717) is 30.4 Å². The highest BCUT2D eigenvalue weighted by Crippen LogP contribution is 2.36. The number of amides is 1. The molecule has 1 amide bonds. The van der Waals surface area contributed by atoms with Gasteiger partial charge < -0.3 is 15.0 Å². The predicted octanol–water partition coefficient (Wildman–Crippen LogP) is 3.32. The Morgan fingerprint density at radius 3 is 3.00 bits per heavy atom. The quantitative estimate of drug-likeness (QED) is 0.747. The molecule has 0 spiro atoms. The minimum atomic E-state index is -1.02. The number of aromatic nitrogens is 3. The molecule has 0 aliphatic heterocycles. The molecule has 2 unspecified atom stereocenters. The number of anilines is 1. The predicted molar refractivity (Wildman–Crippen MR) is 92.1 cm³/mol. The molecule has 4 rings (SSSR count). The van der Waals surface area contributed by atoms with Crippen LogP contribution in [0.2, 0.25) is 0 Å². The second kappa shape index (κ2) is 6.16. The average Bonchev–Trinajstić information content (AvgIpc) is 3.21. The molecule has 0 saturated heterocycles. The van der Waals surface area contributed by atoms with Crippen molar-refractivity contribution in [2.75, 3.05) is 11.9 Å². The number of pyridine rings is 2. The fraction of sp³-hybridized carbons (Fsp3) is 0.278. The van der Waals surface area contributed by atoms with Crippen LogP contribution in [-0.2, 0) is 4.79 Å². The van der Waals surface area contributed by atoms with Crippen molar-refractivity contribution in [1.29, 1.82) is 0 Å². The van der Waals surface area contributed by atoms with E-state index < -0.39 is 12.1 Å². The third-order valence-electron chi connectivity index (χ3n) is 4.18. The van der Waals surface area contributed by atoms with E-state index in [2.05, 4.69) is 20.3 Å². The van der Waals surface area contributed by atoms with E-state index >= 15 is 0 Å². The molecule has 1 aliphatic rings. The van der Waals surface area contributed by atoms with Gasteiger partial charge in [0.25, 0.3) is 0 Å². The van der Waals surface area contributed by atoms with Crippen molar-refractivity contribution in [2.45, 2.75) is 19.5 Å². The summed E-state index contributed by atoms with van der Waals surface area (Å²) in [5.41, 5.74) is 2.42. The standard InChI is InChI=1S/C18H17FN4O2/c1-2-25-18-11(4-3-7-20-18)13-9-21-16-10(13)5-6-15(22-16)23-17(24)12-8-14(12)19/h3-7,9,12,14H,2,8H2,1H3,(H2,21,22,23,24). The minimum absolute atomic E-state index is 0.294. The summed E-state index contributed by atoms with van der Waals surface area (Å²) in [5, 5.41) is 3.55. The van der Waals surface area contributed by atoms with Crippen LogP contribution in [-0.4, -0.2) is 33.6 Å². The smallest absolute Gasteiger partial charge is 0.231 e. The van der Waals surface area contributed by atoms with E-state index in [4.69, 9.17) is 4.74 Å². The number of alkyl halides is 1. The van der Waals surface area contributed by atoms with Crippen LogP contribution >= 0.6 is 0 Å². The monoisotopic (exact) mass is 340 g/mol. The van der Waals surface area contributed by atoms with Gasteiger partial charge in [-0.1, -0.05) is 0 Å². The van der Waals surface area contributed by atoms with Gasteiger partial charge in [-0.2, -0.15) is 0 Å². The number of aromatic amines is 1. The number of rotatable bonds is 5. The van der Waals surface area contributed by atoms with Gasteiger partial charge in [0.2, 0.25) is 11.8 Å². The maximum Gasteiger partial charge on any atom is 0.231 e. The molecular formula is C18H17FN4O2. The Bertz CT molecular complexity index is 940. The summed E-state index contributed by atoms with van der Waals surface area (Å²) in [6.07, 6.45) is 2.79. The molecule has 2 N–H and O–H groups in total. The van der Waals surface area contributed by atoms with Crippen molar-refractivity contribution in [3.05, 3.63) is 36.7 Å². The van der Waals surface area contributed by atoms with E-state index in [-0.39, 0.29) is 5.91 Å². The summed E-state index contributed by atoms with van der Waals surface area (Å²) in [5.74, 6) is 0.102. The molecule has 1 aliphatic carbocycles. The topological polar surface area (TPSA) is 79.9 Å². The summed E-state index contributed by atoms with van der Waals surface area (Å²) in [7, 11) is 0. The molecular weight excluding hydrogens is 323 g/mol. The van der Waals surface area contributed by atoms with Crippen molar-refractivity contribution >= 4 is 22.8 Å². The number of carbonyl (C=O) groups excluding carboxylic acids is 1. The highest BCUT2D eigenvalue weighted by Gasteiger charge is 2.43. The van der Waals surface area contributed by atoms with Gasteiger partial charge in [-0.3, -0.25) is 4.79 Å².